The number of anilines is 1. The lowest BCUT2D eigenvalue weighted by atomic mass is 10.2. The van der Waals surface area contributed by atoms with Gasteiger partial charge in [0.25, 0.3) is 5.91 Å². The van der Waals surface area contributed by atoms with Gasteiger partial charge in [0.2, 0.25) is 5.95 Å². The van der Waals surface area contributed by atoms with E-state index in [0.717, 1.165) is 0 Å². The highest BCUT2D eigenvalue weighted by Crippen LogP contribution is 2.19. The average Bonchev–Trinajstić information content (AvgIpc) is 3.10. The van der Waals surface area contributed by atoms with Crippen LogP contribution >= 0.6 is 0 Å². The zero-order chi connectivity index (χ0) is 18.8. The quantitative estimate of drug-likeness (QED) is 0.710. The van der Waals surface area contributed by atoms with Crippen molar-refractivity contribution in [3.05, 3.63) is 66.0 Å². The topological polar surface area (TPSA) is 67.2 Å². The number of piperazine rings is 1. The van der Waals surface area contributed by atoms with E-state index in [-0.39, 0.29) is 11.7 Å². The first-order chi connectivity index (χ1) is 13.1. The van der Waals surface area contributed by atoms with Crippen LogP contribution in [0.2, 0.25) is 0 Å². The molecule has 2 aromatic heterocycles. The maximum absolute atomic E-state index is 14.1. The minimum Gasteiger partial charge on any atom is -0.337 e. The van der Waals surface area contributed by atoms with Gasteiger partial charge in [-0.15, -0.1) is 0 Å². The molecule has 1 aliphatic heterocycles. The Morgan fingerprint density at radius 1 is 1.04 bits per heavy atom. The summed E-state index contributed by atoms with van der Waals surface area (Å²) in [6.45, 7) is 4.25. The molecule has 0 spiro atoms. The monoisotopic (exact) mass is 366 g/mol. The van der Waals surface area contributed by atoms with Gasteiger partial charge in [-0.1, -0.05) is 12.1 Å². The molecule has 0 unspecified atom stereocenters. The number of carbonyl (C=O) groups excluding carboxylic acids is 1. The Labute approximate surface area is 156 Å². The van der Waals surface area contributed by atoms with E-state index in [1.54, 1.807) is 48.5 Å². The van der Waals surface area contributed by atoms with Crippen LogP contribution in [-0.4, -0.2) is 56.7 Å². The summed E-state index contributed by atoms with van der Waals surface area (Å²) >= 11 is 0. The minimum absolute atomic E-state index is 0.0938. The standard InChI is InChI=1S/C19H19FN6O/c1-14-15(13-23-26(14)17-6-3-2-5-16(17)20)18(27)24-9-11-25(12-10-24)19-21-7-4-8-22-19/h2-8,13H,9-12H2,1H3. The van der Waals surface area contributed by atoms with Crippen LogP contribution in [0, 0.1) is 12.7 Å². The Morgan fingerprint density at radius 3 is 2.44 bits per heavy atom. The minimum atomic E-state index is -0.376. The first-order valence-electron chi connectivity index (χ1n) is 8.76. The lowest BCUT2D eigenvalue weighted by Crippen LogP contribution is -2.49. The number of carbonyl (C=O) groups is 1. The molecule has 0 atom stereocenters. The zero-order valence-electron chi connectivity index (χ0n) is 14.9. The second-order valence-electron chi connectivity index (χ2n) is 6.33. The summed E-state index contributed by atoms with van der Waals surface area (Å²) in [7, 11) is 0. The Kier molecular flexibility index (Phi) is 4.53. The molecule has 7 nitrogen and oxygen atoms in total. The summed E-state index contributed by atoms with van der Waals surface area (Å²) in [5, 5.41) is 4.22. The average molecular weight is 366 g/mol. The van der Waals surface area contributed by atoms with Gasteiger partial charge in [-0.05, 0) is 25.1 Å². The molecule has 3 aromatic rings. The van der Waals surface area contributed by atoms with Crippen molar-refractivity contribution in [2.24, 2.45) is 0 Å². The number of hydrogen-bond donors (Lipinski definition) is 0. The van der Waals surface area contributed by atoms with E-state index in [9.17, 15) is 9.18 Å². The van der Waals surface area contributed by atoms with Crippen LogP contribution in [0.5, 0.6) is 0 Å². The fourth-order valence-corrected chi connectivity index (χ4v) is 3.22. The van der Waals surface area contributed by atoms with Gasteiger partial charge in [0, 0.05) is 38.6 Å². The Hall–Kier alpha value is -3.29. The van der Waals surface area contributed by atoms with Gasteiger partial charge in [0.15, 0.2) is 0 Å². The summed E-state index contributed by atoms with van der Waals surface area (Å²) in [6.07, 6.45) is 4.93. The van der Waals surface area contributed by atoms with E-state index in [1.807, 2.05) is 0 Å². The van der Waals surface area contributed by atoms with Crippen LogP contribution < -0.4 is 4.90 Å². The maximum atomic E-state index is 14.1. The normalized spacial score (nSPS) is 14.4. The lowest BCUT2D eigenvalue weighted by molar-refractivity contribution is 0.0745. The number of halogens is 1. The van der Waals surface area contributed by atoms with Crippen molar-refractivity contribution in [2.45, 2.75) is 6.92 Å². The van der Waals surface area contributed by atoms with Crippen LogP contribution in [0.25, 0.3) is 5.69 Å². The molecular formula is C19H19FN6O. The van der Waals surface area contributed by atoms with E-state index in [1.165, 1.54) is 16.9 Å². The van der Waals surface area contributed by atoms with Crippen molar-refractivity contribution >= 4 is 11.9 Å². The molecule has 8 heteroatoms. The molecule has 1 fully saturated rings. The molecule has 138 valence electrons. The summed E-state index contributed by atoms with van der Waals surface area (Å²) < 4.78 is 15.5. The molecule has 0 N–H and O–H groups in total. The van der Waals surface area contributed by atoms with Crippen molar-refractivity contribution in [3.63, 3.8) is 0 Å². The van der Waals surface area contributed by atoms with Gasteiger partial charge >= 0.3 is 0 Å². The molecular weight excluding hydrogens is 347 g/mol. The third-order valence-corrected chi connectivity index (χ3v) is 4.72. The number of nitrogens with zero attached hydrogens (tertiary/aromatic N) is 6. The number of hydrogen-bond acceptors (Lipinski definition) is 5. The second-order valence-corrected chi connectivity index (χ2v) is 6.33. The maximum Gasteiger partial charge on any atom is 0.257 e. The van der Waals surface area contributed by atoms with Gasteiger partial charge in [-0.3, -0.25) is 4.79 Å². The molecule has 0 aliphatic carbocycles. The lowest BCUT2D eigenvalue weighted by Gasteiger charge is -2.34. The van der Waals surface area contributed by atoms with Crippen molar-refractivity contribution < 1.29 is 9.18 Å². The highest BCUT2D eigenvalue weighted by molar-refractivity contribution is 5.95. The Morgan fingerprint density at radius 2 is 1.74 bits per heavy atom. The van der Waals surface area contributed by atoms with Crippen molar-refractivity contribution in [1.29, 1.82) is 0 Å². The number of amides is 1. The number of benzene rings is 1. The summed E-state index contributed by atoms with van der Waals surface area (Å²) in [5.74, 6) is 0.205. The molecule has 1 aromatic carbocycles. The molecule has 0 saturated carbocycles. The smallest absolute Gasteiger partial charge is 0.257 e. The van der Waals surface area contributed by atoms with Crippen LogP contribution in [0.15, 0.2) is 48.9 Å². The predicted octanol–water partition coefficient (Wildman–Crippen LogP) is 2.07. The molecule has 1 amide bonds. The van der Waals surface area contributed by atoms with Gasteiger partial charge in [-0.25, -0.2) is 19.0 Å². The second kappa shape index (κ2) is 7.14. The van der Waals surface area contributed by atoms with E-state index in [2.05, 4.69) is 20.0 Å². The third kappa shape index (κ3) is 3.25. The summed E-state index contributed by atoms with van der Waals surface area (Å²) in [5.41, 5.74) is 1.45. The zero-order valence-corrected chi connectivity index (χ0v) is 14.9. The molecule has 1 saturated heterocycles. The van der Waals surface area contributed by atoms with Crippen molar-refractivity contribution in [1.82, 2.24) is 24.6 Å². The molecule has 4 rings (SSSR count). The van der Waals surface area contributed by atoms with Crippen LogP contribution in [-0.2, 0) is 0 Å². The highest BCUT2D eigenvalue weighted by Gasteiger charge is 2.26. The summed E-state index contributed by atoms with van der Waals surface area (Å²) in [6, 6.07) is 8.16. The first-order valence-corrected chi connectivity index (χ1v) is 8.76. The largest absolute Gasteiger partial charge is 0.337 e. The molecule has 0 bridgehead atoms. The fourth-order valence-electron chi connectivity index (χ4n) is 3.22. The predicted molar refractivity (Wildman–Crippen MR) is 98.4 cm³/mol. The van der Waals surface area contributed by atoms with Gasteiger partial charge in [0.05, 0.1) is 17.5 Å². The Bertz CT molecular complexity index is 950. The van der Waals surface area contributed by atoms with Gasteiger partial charge < -0.3 is 9.80 Å². The van der Waals surface area contributed by atoms with Crippen LogP contribution in [0.4, 0.5) is 10.3 Å². The van der Waals surface area contributed by atoms with Crippen LogP contribution in [0.3, 0.4) is 0 Å². The number of rotatable bonds is 3. The van der Waals surface area contributed by atoms with Gasteiger partial charge in [0.1, 0.15) is 11.5 Å². The SMILES string of the molecule is Cc1c(C(=O)N2CCN(c3ncccn3)CC2)cnn1-c1ccccc1F. The Balaban J connectivity index is 1.49. The van der Waals surface area contributed by atoms with E-state index >= 15 is 0 Å². The third-order valence-electron chi connectivity index (χ3n) is 4.72. The molecule has 27 heavy (non-hydrogen) atoms. The summed E-state index contributed by atoms with van der Waals surface area (Å²) in [4.78, 5) is 25.3. The van der Waals surface area contributed by atoms with E-state index in [4.69, 9.17) is 0 Å². The van der Waals surface area contributed by atoms with Gasteiger partial charge in [-0.2, -0.15) is 5.10 Å². The van der Waals surface area contributed by atoms with Crippen molar-refractivity contribution in [2.75, 3.05) is 31.1 Å². The number of aromatic nitrogens is 4. The first kappa shape index (κ1) is 17.1. The highest BCUT2D eigenvalue weighted by atomic mass is 19.1. The van der Waals surface area contributed by atoms with E-state index in [0.29, 0.717) is 49.1 Å². The van der Waals surface area contributed by atoms with Crippen LogP contribution in [0.1, 0.15) is 16.1 Å². The van der Waals surface area contributed by atoms with Crippen molar-refractivity contribution in [3.8, 4) is 5.69 Å². The molecule has 1 aliphatic rings. The molecule has 0 radical (unpaired) electrons. The number of para-hydroxylation sites is 1. The fraction of sp³-hybridized carbons (Fsp3) is 0.263. The molecule has 3 heterocycles. The van der Waals surface area contributed by atoms with E-state index < -0.39 is 0 Å².